The van der Waals surface area contributed by atoms with E-state index < -0.39 is 0 Å². The van der Waals surface area contributed by atoms with Gasteiger partial charge >= 0.3 is 0 Å². The molecule has 0 saturated carbocycles. The first-order valence-electron chi connectivity index (χ1n) is 4.07. The summed E-state index contributed by atoms with van der Waals surface area (Å²) in [5.41, 5.74) is 1.90. The van der Waals surface area contributed by atoms with Crippen LogP contribution in [0.15, 0.2) is 18.2 Å². The summed E-state index contributed by atoms with van der Waals surface area (Å²) < 4.78 is 5.08. The van der Waals surface area contributed by atoms with Gasteiger partial charge in [-0.3, -0.25) is 4.79 Å². The molecule has 0 radical (unpaired) electrons. The van der Waals surface area contributed by atoms with E-state index >= 15 is 0 Å². The van der Waals surface area contributed by atoms with Crippen molar-refractivity contribution in [1.29, 1.82) is 0 Å². The van der Waals surface area contributed by atoms with Crippen molar-refractivity contribution < 1.29 is 9.53 Å². The predicted octanol–water partition coefficient (Wildman–Crippen LogP) is 2.20. The van der Waals surface area contributed by atoms with Crippen molar-refractivity contribution in [3.05, 3.63) is 29.3 Å². The maximum absolute atomic E-state index is 11.5. The molecule has 13 heavy (non-hydrogen) atoms. The van der Waals surface area contributed by atoms with Crippen molar-refractivity contribution in [2.45, 2.75) is 11.2 Å². The fourth-order valence-electron chi connectivity index (χ4n) is 1.56. The summed E-state index contributed by atoms with van der Waals surface area (Å²) in [7, 11) is 1.63. The predicted molar refractivity (Wildman–Crippen MR) is 53.7 cm³/mol. The van der Waals surface area contributed by atoms with Gasteiger partial charge in [-0.05, 0) is 30.2 Å². The number of alkyl halides is 1. The third kappa shape index (κ3) is 1.37. The number of carbonyl (C=O) groups excluding carboxylic acids is 1. The van der Waals surface area contributed by atoms with Crippen molar-refractivity contribution in [1.82, 2.24) is 0 Å². The molecule has 1 aromatic rings. The topological polar surface area (TPSA) is 26.3 Å². The first-order chi connectivity index (χ1) is 6.22. The zero-order chi connectivity index (χ0) is 9.42. The first-order valence-corrected chi connectivity index (χ1v) is 4.99. The number of fused-ring (bicyclic) bond motifs is 1. The molecule has 0 fully saturated rings. The maximum Gasteiger partial charge on any atom is 0.177 e. The molecule has 68 valence electrons. The largest absolute Gasteiger partial charge is 0.497 e. The third-order valence-electron chi connectivity index (χ3n) is 2.26. The minimum atomic E-state index is -0.0467. The highest BCUT2D eigenvalue weighted by atomic mass is 79.9. The average molecular weight is 241 g/mol. The van der Waals surface area contributed by atoms with E-state index in [1.54, 1.807) is 7.11 Å². The van der Waals surface area contributed by atoms with Crippen molar-refractivity contribution in [3.63, 3.8) is 0 Å². The Kier molecular flexibility index (Phi) is 2.12. The van der Waals surface area contributed by atoms with Gasteiger partial charge in [0.1, 0.15) is 5.75 Å². The van der Waals surface area contributed by atoms with Gasteiger partial charge in [-0.2, -0.15) is 0 Å². The molecule has 0 bridgehead atoms. The van der Waals surface area contributed by atoms with Crippen LogP contribution >= 0.6 is 15.9 Å². The van der Waals surface area contributed by atoms with Crippen molar-refractivity contribution in [2.24, 2.45) is 0 Å². The van der Waals surface area contributed by atoms with Gasteiger partial charge in [0.15, 0.2) is 5.78 Å². The molecule has 0 saturated heterocycles. The van der Waals surface area contributed by atoms with Crippen LogP contribution in [-0.4, -0.2) is 17.7 Å². The molecule has 0 aromatic heterocycles. The summed E-state index contributed by atoms with van der Waals surface area (Å²) in [4.78, 5) is 11.5. The molecule has 1 aromatic carbocycles. The van der Waals surface area contributed by atoms with E-state index in [-0.39, 0.29) is 10.6 Å². The third-order valence-corrected chi connectivity index (χ3v) is 3.00. The monoisotopic (exact) mass is 240 g/mol. The zero-order valence-electron chi connectivity index (χ0n) is 7.21. The Bertz CT molecular complexity index is 360. The molecule has 0 amide bonds. The van der Waals surface area contributed by atoms with Crippen molar-refractivity contribution >= 4 is 21.7 Å². The molecule has 0 spiro atoms. The quantitative estimate of drug-likeness (QED) is 0.704. The van der Waals surface area contributed by atoms with Crippen LogP contribution in [0.3, 0.4) is 0 Å². The summed E-state index contributed by atoms with van der Waals surface area (Å²) >= 11 is 3.34. The fraction of sp³-hybridized carbons (Fsp3) is 0.300. The van der Waals surface area contributed by atoms with E-state index in [0.29, 0.717) is 0 Å². The van der Waals surface area contributed by atoms with Gasteiger partial charge < -0.3 is 4.74 Å². The molecular weight excluding hydrogens is 232 g/mol. The molecular formula is C10H9BrO2. The van der Waals surface area contributed by atoms with Crippen LogP contribution in [0.1, 0.15) is 15.9 Å². The number of ether oxygens (including phenoxy) is 1. The van der Waals surface area contributed by atoms with Gasteiger partial charge in [0.05, 0.1) is 11.9 Å². The van der Waals surface area contributed by atoms with Crippen LogP contribution in [0.25, 0.3) is 0 Å². The summed E-state index contributed by atoms with van der Waals surface area (Å²) in [5.74, 6) is 0.991. The zero-order valence-corrected chi connectivity index (χ0v) is 8.80. The van der Waals surface area contributed by atoms with E-state index in [9.17, 15) is 4.79 Å². The van der Waals surface area contributed by atoms with Gasteiger partial charge in [0.2, 0.25) is 0 Å². The minimum absolute atomic E-state index is 0.0467. The summed E-state index contributed by atoms with van der Waals surface area (Å²) in [6.07, 6.45) is 0.769. The van der Waals surface area contributed by atoms with Gasteiger partial charge in [-0.1, -0.05) is 15.9 Å². The van der Waals surface area contributed by atoms with E-state index in [4.69, 9.17) is 4.74 Å². The molecule has 3 heteroatoms. The summed E-state index contributed by atoms with van der Waals surface area (Å²) in [6.45, 7) is 0. The van der Waals surface area contributed by atoms with Crippen LogP contribution in [0.5, 0.6) is 5.75 Å². The Morgan fingerprint density at radius 3 is 3.00 bits per heavy atom. The smallest absolute Gasteiger partial charge is 0.177 e. The molecule has 1 atom stereocenters. The lowest BCUT2D eigenvalue weighted by atomic mass is 10.1. The van der Waals surface area contributed by atoms with E-state index in [2.05, 4.69) is 15.9 Å². The summed E-state index contributed by atoms with van der Waals surface area (Å²) in [6, 6.07) is 5.58. The van der Waals surface area contributed by atoms with Crippen LogP contribution in [0, 0.1) is 0 Å². The first kappa shape index (κ1) is 8.75. The lowest BCUT2D eigenvalue weighted by molar-refractivity contribution is 0.100. The molecule has 2 rings (SSSR count). The normalized spacial score (nSPS) is 20.2. The number of benzene rings is 1. The number of halogens is 1. The lowest BCUT2D eigenvalue weighted by Gasteiger charge is -2.01. The highest BCUT2D eigenvalue weighted by Crippen LogP contribution is 2.29. The number of Topliss-reactive ketones (excluding diaryl/α,β-unsaturated/α-hetero) is 1. The van der Waals surface area contributed by atoms with Crippen LogP contribution in [-0.2, 0) is 6.42 Å². The highest BCUT2D eigenvalue weighted by molar-refractivity contribution is 9.10. The van der Waals surface area contributed by atoms with Gasteiger partial charge in [0, 0.05) is 5.56 Å². The van der Waals surface area contributed by atoms with Gasteiger partial charge in [0.25, 0.3) is 0 Å². The number of hydrogen-bond donors (Lipinski definition) is 0. The minimum Gasteiger partial charge on any atom is -0.497 e. The van der Waals surface area contributed by atoms with Crippen molar-refractivity contribution in [3.8, 4) is 5.75 Å². The van der Waals surface area contributed by atoms with Crippen LogP contribution in [0.4, 0.5) is 0 Å². The maximum atomic E-state index is 11.5. The van der Waals surface area contributed by atoms with E-state index in [1.807, 2.05) is 18.2 Å². The van der Waals surface area contributed by atoms with Crippen molar-refractivity contribution in [2.75, 3.05) is 7.11 Å². The second-order valence-electron chi connectivity index (χ2n) is 3.06. The highest BCUT2D eigenvalue weighted by Gasteiger charge is 2.28. The Balaban J connectivity index is 2.46. The number of hydrogen-bond acceptors (Lipinski definition) is 2. The SMILES string of the molecule is COc1ccc2c(c1)C[C@H](Br)C2=O. The van der Waals surface area contributed by atoms with Gasteiger partial charge in [-0.25, -0.2) is 0 Å². The fourth-order valence-corrected chi connectivity index (χ4v) is 2.16. The van der Waals surface area contributed by atoms with Crippen LogP contribution in [0.2, 0.25) is 0 Å². The van der Waals surface area contributed by atoms with Crippen LogP contribution < -0.4 is 4.74 Å². The molecule has 0 aliphatic heterocycles. The average Bonchev–Trinajstić information content (AvgIpc) is 2.42. The molecule has 0 N–H and O–H groups in total. The van der Waals surface area contributed by atoms with Gasteiger partial charge in [-0.15, -0.1) is 0 Å². The second-order valence-corrected chi connectivity index (χ2v) is 4.16. The molecule has 1 aliphatic rings. The molecule has 0 unspecified atom stereocenters. The number of methoxy groups -OCH3 is 1. The standard InChI is InChI=1S/C10H9BrO2/c1-13-7-2-3-8-6(4-7)5-9(11)10(8)12/h2-4,9H,5H2,1H3/t9-/m0/s1. The lowest BCUT2D eigenvalue weighted by Crippen LogP contribution is -2.05. The molecule has 2 nitrogen and oxygen atoms in total. The number of rotatable bonds is 1. The Hall–Kier alpha value is -0.830. The summed E-state index contributed by atoms with van der Waals surface area (Å²) in [5, 5.41) is 0. The Labute approximate surface area is 85.0 Å². The van der Waals surface area contributed by atoms with E-state index in [1.165, 1.54) is 0 Å². The Morgan fingerprint density at radius 2 is 2.31 bits per heavy atom. The number of ketones is 1. The second kappa shape index (κ2) is 3.14. The molecule has 1 aliphatic carbocycles. The molecule has 0 heterocycles. The van der Waals surface area contributed by atoms with E-state index in [0.717, 1.165) is 23.3 Å². The number of carbonyl (C=O) groups is 1. The Morgan fingerprint density at radius 1 is 1.54 bits per heavy atom.